The largest absolute Gasteiger partial charge is 0.387 e. The highest BCUT2D eigenvalue weighted by Gasteiger charge is 2.75. The molecular formula is C31H30BrClN3O5P. The van der Waals surface area contributed by atoms with E-state index in [9.17, 15) is 19.6 Å². The molecule has 1 amide bonds. The lowest BCUT2D eigenvalue weighted by atomic mass is 9.56. The van der Waals surface area contributed by atoms with Crippen molar-refractivity contribution in [3.05, 3.63) is 105 Å². The van der Waals surface area contributed by atoms with Gasteiger partial charge in [-0.2, -0.15) is 0 Å². The minimum Gasteiger partial charge on any atom is -0.387 e. The second-order valence-electron chi connectivity index (χ2n) is 11.2. The first kappa shape index (κ1) is 29.5. The van der Waals surface area contributed by atoms with Crippen LogP contribution in [0.4, 0.5) is 5.69 Å². The fraction of sp³-hybridized carbons (Fsp3) is 0.290. The van der Waals surface area contributed by atoms with Gasteiger partial charge in [0.2, 0.25) is 0 Å². The zero-order valence-corrected chi connectivity index (χ0v) is 26.1. The maximum atomic E-state index is 15.2. The Hall–Kier alpha value is -2.62. The summed E-state index contributed by atoms with van der Waals surface area (Å²) in [4.78, 5) is 31.6. The number of hydrogen-bond donors (Lipinski definition) is 3. The Labute approximate surface area is 257 Å². The van der Waals surface area contributed by atoms with Crippen LogP contribution in [0.2, 0.25) is 5.02 Å². The van der Waals surface area contributed by atoms with E-state index in [1.54, 1.807) is 24.3 Å². The topological polar surface area (TPSA) is 110 Å². The molecule has 3 aromatic carbocycles. The number of fused-ring (bicyclic) bond motifs is 3. The molecule has 6 rings (SSSR count). The quantitative estimate of drug-likeness (QED) is 0.256. The second-order valence-corrected chi connectivity index (χ2v) is 15.3. The smallest absolute Gasteiger partial charge is 0.250 e. The molecule has 2 saturated heterocycles. The molecule has 0 aliphatic carbocycles. The van der Waals surface area contributed by atoms with Crippen LogP contribution in [0.1, 0.15) is 22.6 Å². The minimum atomic E-state index is -3.75. The Kier molecular flexibility index (Phi) is 7.59. The SMILES string of the molecule is CN1C[C@@H](c2ccc(Br)cc2)[C@@]2(CN(P(=O)(CO)CO)C/C(=C\c3ccccc3)C2=O)[C@@]12C(=O)Nc1ccc(Cl)cc12. The number of carbonyl (C=O) groups excluding carboxylic acids is 2. The summed E-state index contributed by atoms with van der Waals surface area (Å²) in [5.74, 6) is -1.14. The molecular weight excluding hydrogens is 641 g/mol. The molecule has 3 aliphatic rings. The highest BCUT2D eigenvalue weighted by Crippen LogP contribution is 2.66. The zero-order chi connectivity index (χ0) is 29.9. The molecule has 218 valence electrons. The van der Waals surface area contributed by atoms with Crippen molar-refractivity contribution in [2.45, 2.75) is 11.5 Å². The van der Waals surface area contributed by atoms with Gasteiger partial charge in [0.1, 0.15) is 18.2 Å². The highest BCUT2D eigenvalue weighted by molar-refractivity contribution is 9.10. The van der Waals surface area contributed by atoms with E-state index in [0.29, 0.717) is 28.4 Å². The lowest BCUT2D eigenvalue weighted by molar-refractivity contribution is -0.145. The van der Waals surface area contributed by atoms with E-state index in [4.69, 9.17) is 11.6 Å². The van der Waals surface area contributed by atoms with Gasteiger partial charge in [-0.1, -0.05) is 70.0 Å². The van der Waals surface area contributed by atoms with Crippen LogP contribution in [0.5, 0.6) is 0 Å². The number of rotatable bonds is 5. The molecule has 0 radical (unpaired) electrons. The predicted molar refractivity (Wildman–Crippen MR) is 166 cm³/mol. The number of likely N-dealkylation sites (tertiary alicyclic amines) is 1. The van der Waals surface area contributed by atoms with Gasteiger partial charge in [0.15, 0.2) is 13.1 Å². The van der Waals surface area contributed by atoms with Crippen molar-refractivity contribution in [3.63, 3.8) is 0 Å². The maximum absolute atomic E-state index is 15.2. The average molecular weight is 671 g/mol. The van der Waals surface area contributed by atoms with Crippen LogP contribution in [-0.2, 0) is 19.7 Å². The van der Waals surface area contributed by atoms with Crippen LogP contribution in [0.15, 0.2) is 82.8 Å². The Balaban J connectivity index is 1.69. The van der Waals surface area contributed by atoms with Crippen molar-refractivity contribution in [1.82, 2.24) is 9.57 Å². The van der Waals surface area contributed by atoms with Crippen LogP contribution in [-0.4, -0.2) is 70.9 Å². The number of amides is 1. The van der Waals surface area contributed by atoms with Crippen molar-refractivity contribution in [2.75, 3.05) is 44.7 Å². The first-order chi connectivity index (χ1) is 20.1. The van der Waals surface area contributed by atoms with Gasteiger partial charge in [-0.05, 0) is 54.6 Å². The maximum Gasteiger partial charge on any atom is 0.250 e. The fourth-order valence-electron chi connectivity index (χ4n) is 7.19. The number of likely N-dealkylation sites (N-methyl/N-ethyl adjacent to an activating group) is 1. The lowest BCUT2D eigenvalue weighted by Crippen LogP contribution is -2.65. The first-order valence-electron chi connectivity index (χ1n) is 13.5. The van der Waals surface area contributed by atoms with E-state index < -0.39 is 36.9 Å². The first-order valence-corrected chi connectivity index (χ1v) is 16.7. The Morgan fingerprint density at radius 2 is 1.76 bits per heavy atom. The third-order valence-corrected chi connectivity index (χ3v) is 12.0. The number of aliphatic hydroxyl groups excluding tert-OH is 2. The van der Waals surface area contributed by atoms with Crippen molar-refractivity contribution in [3.8, 4) is 0 Å². The fourth-order valence-corrected chi connectivity index (χ4v) is 8.96. The Morgan fingerprint density at radius 3 is 2.43 bits per heavy atom. The van der Waals surface area contributed by atoms with Crippen LogP contribution < -0.4 is 5.32 Å². The molecule has 3 heterocycles. The molecule has 0 bridgehead atoms. The van der Waals surface area contributed by atoms with Crippen molar-refractivity contribution < 1.29 is 24.4 Å². The number of hydrogen-bond acceptors (Lipinski definition) is 6. The summed E-state index contributed by atoms with van der Waals surface area (Å²) < 4.78 is 16.4. The normalized spacial score (nSPS) is 27.3. The second kappa shape index (κ2) is 10.8. The van der Waals surface area contributed by atoms with Crippen molar-refractivity contribution in [2.24, 2.45) is 5.41 Å². The van der Waals surface area contributed by atoms with Crippen LogP contribution in [0.3, 0.4) is 0 Å². The summed E-state index contributed by atoms with van der Waals surface area (Å²) in [5, 5.41) is 24.0. The van der Waals surface area contributed by atoms with E-state index in [1.165, 1.54) is 4.67 Å². The minimum absolute atomic E-state index is 0.0508. The molecule has 0 unspecified atom stereocenters. The molecule has 2 spiro atoms. The molecule has 0 aromatic heterocycles. The molecule has 3 aromatic rings. The molecule has 8 nitrogen and oxygen atoms in total. The third kappa shape index (κ3) is 4.21. The van der Waals surface area contributed by atoms with Gasteiger partial charge in [0.25, 0.3) is 5.91 Å². The number of anilines is 1. The molecule has 0 saturated carbocycles. The molecule has 42 heavy (non-hydrogen) atoms. The molecule has 3 N–H and O–H groups in total. The van der Waals surface area contributed by atoms with Crippen LogP contribution in [0.25, 0.3) is 6.08 Å². The van der Waals surface area contributed by atoms with Gasteiger partial charge in [-0.25, -0.2) is 4.67 Å². The van der Waals surface area contributed by atoms with Gasteiger partial charge >= 0.3 is 0 Å². The number of aliphatic hydroxyl groups is 2. The number of carbonyl (C=O) groups is 2. The molecule has 2 fully saturated rings. The van der Waals surface area contributed by atoms with Gasteiger partial charge in [0, 0.05) is 51.9 Å². The summed E-state index contributed by atoms with van der Waals surface area (Å²) in [5.41, 5.74) is 0.0376. The molecule has 11 heteroatoms. The van der Waals surface area contributed by atoms with E-state index in [1.807, 2.05) is 66.5 Å². The van der Waals surface area contributed by atoms with E-state index in [0.717, 1.165) is 15.6 Å². The number of ketones is 1. The Bertz CT molecular complexity index is 1640. The van der Waals surface area contributed by atoms with Crippen LogP contribution in [0, 0.1) is 5.41 Å². The van der Waals surface area contributed by atoms with E-state index in [2.05, 4.69) is 21.2 Å². The summed E-state index contributed by atoms with van der Waals surface area (Å²) >= 11 is 10.0. The van der Waals surface area contributed by atoms with Gasteiger partial charge in [-0.15, -0.1) is 0 Å². The summed E-state index contributed by atoms with van der Waals surface area (Å²) in [6.07, 6.45) is 0.214. The van der Waals surface area contributed by atoms with Crippen LogP contribution >= 0.6 is 34.8 Å². The third-order valence-electron chi connectivity index (χ3n) is 9.07. The summed E-state index contributed by atoms with van der Waals surface area (Å²) in [6.45, 7) is 0.160. The summed E-state index contributed by atoms with van der Waals surface area (Å²) in [7, 11) is -1.93. The standard InChI is InChI=1S/C31H30BrClN3O5P/c1-35-16-26(21-7-9-23(32)10-8-21)30(31(35)25-14-24(33)11-12-27(25)34-29(31)40)17-36(42(41,18-37)19-38)15-22(28(30)39)13-20-5-3-2-4-6-20/h2-14,26,37-38H,15-19H2,1H3,(H,34,40)/b22-13+/t26-,30+,31+/m0/s1. The van der Waals surface area contributed by atoms with Gasteiger partial charge < -0.3 is 20.1 Å². The van der Waals surface area contributed by atoms with Gasteiger partial charge in [0.05, 0.1) is 5.41 Å². The number of nitrogens with one attached hydrogen (secondary N) is 1. The number of Topliss-reactive ketones (excluding diaryl/α,β-unsaturated/α-hetero) is 1. The predicted octanol–water partition coefficient (Wildman–Crippen LogP) is 5.11. The van der Waals surface area contributed by atoms with Crippen molar-refractivity contribution in [1.29, 1.82) is 0 Å². The monoisotopic (exact) mass is 669 g/mol. The van der Waals surface area contributed by atoms with Gasteiger partial charge in [-0.3, -0.25) is 14.5 Å². The molecule has 3 atom stereocenters. The highest BCUT2D eigenvalue weighted by atomic mass is 79.9. The average Bonchev–Trinajstić information content (AvgIpc) is 3.43. The van der Waals surface area contributed by atoms with E-state index in [-0.39, 0.29) is 24.8 Å². The van der Waals surface area contributed by atoms with E-state index >= 15 is 4.79 Å². The zero-order valence-electron chi connectivity index (χ0n) is 22.8. The number of halogens is 2. The molecule has 3 aliphatic heterocycles. The number of piperidine rings is 1. The number of nitrogens with zero attached hydrogens (tertiary/aromatic N) is 2. The Morgan fingerprint density at radius 1 is 1.07 bits per heavy atom. The number of benzene rings is 3. The van der Waals surface area contributed by atoms with Crippen molar-refractivity contribution >= 4 is 58.3 Å². The lowest BCUT2D eigenvalue weighted by Gasteiger charge is -2.52. The summed E-state index contributed by atoms with van der Waals surface area (Å²) in [6, 6.07) is 22.1.